The van der Waals surface area contributed by atoms with E-state index in [2.05, 4.69) is 67.6 Å². The van der Waals surface area contributed by atoms with Crippen LogP contribution in [-0.2, 0) is 0 Å². The molecular formula is C10H9I2N3. The third-order valence-corrected chi connectivity index (χ3v) is 3.64. The Morgan fingerprint density at radius 3 is 2.73 bits per heavy atom. The van der Waals surface area contributed by atoms with Gasteiger partial charge in [-0.3, -0.25) is 4.98 Å². The summed E-state index contributed by atoms with van der Waals surface area (Å²) in [6.07, 6.45) is 1.69. The summed E-state index contributed by atoms with van der Waals surface area (Å²) in [5, 5.41) is 4.22. The van der Waals surface area contributed by atoms with Gasteiger partial charge < -0.3 is 11.1 Å². The highest BCUT2D eigenvalue weighted by Crippen LogP contribution is 2.32. The van der Waals surface area contributed by atoms with Crippen molar-refractivity contribution in [1.29, 1.82) is 0 Å². The van der Waals surface area contributed by atoms with Gasteiger partial charge in [0.15, 0.2) is 0 Å². The molecule has 0 saturated heterocycles. The monoisotopic (exact) mass is 425 g/mol. The van der Waals surface area contributed by atoms with E-state index in [1.807, 2.05) is 7.05 Å². The van der Waals surface area contributed by atoms with Gasteiger partial charge in [0.05, 0.1) is 23.1 Å². The molecule has 5 heteroatoms. The smallest absolute Gasteiger partial charge is 0.0745 e. The first kappa shape index (κ1) is 11.2. The van der Waals surface area contributed by atoms with Crippen LogP contribution in [0.3, 0.4) is 0 Å². The van der Waals surface area contributed by atoms with Gasteiger partial charge in [-0.15, -0.1) is 0 Å². The molecule has 0 unspecified atom stereocenters. The summed E-state index contributed by atoms with van der Waals surface area (Å²) in [7, 11) is 1.87. The van der Waals surface area contributed by atoms with Gasteiger partial charge in [-0.2, -0.15) is 0 Å². The van der Waals surface area contributed by atoms with Gasteiger partial charge in [-0.25, -0.2) is 0 Å². The fourth-order valence-corrected chi connectivity index (χ4v) is 3.61. The van der Waals surface area contributed by atoms with Crippen LogP contribution in [0.25, 0.3) is 10.9 Å². The molecule has 0 amide bonds. The first-order valence-electron chi connectivity index (χ1n) is 4.34. The fraction of sp³-hybridized carbons (Fsp3) is 0.100. The maximum atomic E-state index is 5.87. The average Bonchev–Trinajstić information content (AvgIpc) is 2.18. The minimum Gasteiger partial charge on any atom is -0.396 e. The number of nitrogens with zero attached hydrogens (tertiary/aromatic N) is 1. The molecule has 3 N–H and O–H groups in total. The molecule has 0 aliphatic heterocycles. The van der Waals surface area contributed by atoms with Crippen LogP contribution in [0.2, 0.25) is 0 Å². The van der Waals surface area contributed by atoms with E-state index in [0.717, 1.165) is 16.6 Å². The molecule has 2 aromatic rings. The largest absolute Gasteiger partial charge is 0.396 e. The highest BCUT2D eigenvalue weighted by molar-refractivity contribution is 14.1. The molecular weight excluding hydrogens is 416 g/mol. The highest BCUT2D eigenvalue weighted by atomic mass is 127. The predicted molar refractivity (Wildman–Crippen MR) is 81.1 cm³/mol. The second-order valence-electron chi connectivity index (χ2n) is 3.12. The molecule has 0 aliphatic rings. The number of fused-ring (bicyclic) bond motifs is 1. The van der Waals surface area contributed by atoms with E-state index in [1.165, 1.54) is 7.14 Å². The molecule has 0 radical (unpaired) electrons. The first-order valence-corrected chi connectivity index (χ1v) is 6.50. The van der Waals surface area contributed by atoms with Crippen LogP contribution in [0, 0.1) is 7.14 Å². The van der Waals surface area contributed by atoms with Crippen LogP contribution in [0.4, 0.5) is 11.4 Å². The van der Waals surface area contributed by atoms with Gasteiger partial charge in [0.1, 0.15) is 0 Å². The molecule has 0 spiro atoms. The molecule has 1 aromatic carbocycles. The van der Waals surface area contributed by atoms with Crippen LogP contribution in [0.5, 0.6) is 0 Å². The number of rotatable bonds is 1. The lowest BCUT2D eigenvalue weighted by atomic mass is 10.1. The maximum Gasteiger partial charge on any atom is 0.0745 e. The molecule has 15 heavy (non-hydrogen) atoms. The Morgan fingerprint density at radius 2 is 2.07 bits per heavy atom. The quantitative estimate of drug-likeness (QED) is 0.692. The number of benzene rings is 1. The van der Waals surface area contributed by atoms with Gasteiger partial charge >= 0.3 is 0 Å². The maximum absolute atomic E-state index is 5.87. The normalized spacial score (nSPS) is 10.6. The van der Waals surface area contributed by atoms with Crippen LogP contribution < -0.4 is 11.1 Å². The summed E-state index contributed by atoms with van der Waals surface area (Å²) in [6, 6.07) is 4.17. The summed E-state index contributed by atoms with van der Waals surface area (Å²) < 4.78 is 2.35. The zero-order valence-electron chi connectivity index (χ0n) is 8.01. The molecule has 1 aromatic heterocycles. The number of pyridine rings is 1. The summed E-state index contributed by atoms with van der Waals surface area (Å²) in [5.41, 5.74) is 8.49. The number of aromatic nitrogens is 1. The number of nitrogen functional groups attached to an aromatic ring is 1. The molecule has 2 rings (SSSR count). The fourth-order valence-electron chi connectivity index (χ4n) is 1.53. The lowest BCUT2D eigenvalue weighted by Gasteiger charge is -2.10. The number of anilines is 2. The molecule has 0 bridgehead atoms. The number of nitrogens with one attached hydrogen (secondary N) is 1. The van der Waals surface area contributed by atoms with E-state index in [1.54, 1.807) is 6.20 Å². The molecule has 0 atom stereocenters. The zero-order chi connectivity index (χ0) is 11.0. The minimum absolute atomic E-state index is 0.684. The third kappa shape index (κ3) is 1.99. The van der Waals surface area contributed by atoms with E-state index in [9.17, 15) is 0 Å². The van der Waals surface area contributed by atoms with Crippen LogP contribution in [-0.4, -0.2) is 12.0 Å². The topological polar surface area (TPSA) is 50.9 Å². The SMILES string of the molecule is CNc1c(N)cnc2cc(I)cc(I)c12. The minimum atomic E-state index is 0.684. The Hall–Kier alpha value is -0.310. The predicted octanol–water partition coefficient (Wildman–Crippen LogP) is 3.07. The molecule has 3 nitrogen and oxygen atoms in total. The number of nitrogens with two attached hydrogens (primary N) is 1. The van der Waals surface area contributed by atoms with E-state index in [4.69, 9.17) is 5.73 Å². The Balaban J connectivity index is 2.91. The van der Waals surface area contributed by atoms with Crippen molar-refractivity contribution >= 4 is 67.5 Å². The van der Waals surface area contributed by atoms with Crippen molar-refractivity contribution in [2.45, 2.75) is 0 Å². The van der Waals surface area contributed by atoms with Gasteiger partial charge in [0.25, 0.3) is 0 Å². The molecule has 0 fully saturated rings. The highest BCUT2D eigenvalue weighted by Gasteiger charge is 2.09. The lowest BCUT2D eigenvalue weighted by molar-refractivity contribution is 1.39. The van der Waals surface area contributed by atoms with Crippen molar-refractivity contribution in [2.75, 3.05) is 18.1 Å². The van der Waals surface area contributed by atoms with Gasteiger partial charge in [0.2, 0.25) is 0 Å². The van der Waals surface area contributed by atoms with E-state index < -0.39 is 0 Å². The Bertz CT molecular complexity index is 526. The average molecular weight is 425 g/mol. The molecule has 1 heterocycles. The van der Waals surface area contributed by atoms with E-state index in [0.29, 0.717) is 5.69 Å². The Labute approximate surface area is 115 Å². The van der Waals surface area contributed by atoms with Gasteiger partial charge in [-0.1, -0.05) is 0 Å². The lowest BCUT2D eigenvalue weighted by Crippen LogP contribution is -1.99. The molecule has 78 valence electrons. The summed E-state index contributed by atoms with van der Waals surface area (Å²) in [6.45, 7) is 0. The number of hydrogen-bond donors (Lipinski definition) is 2. The Morgan fingerprint density at radius 1 is 1.33 bits per heavy atom. The van der Waals surface area contributed by atoms with Crippen molar-refractivity contribution in [3.05, 3.63) is 25.5 Å². The Kier molecular flexibility index (Phi) is 3.19. The standard InChI is InChI=1S/C10H9I2N3/c1-14-10-7(13)4-15-8-3-5(11)2-6(12)9(8)10/h2-4H,13H2,1H3,(H,14,15). The third-order valence-electron chi connectivity index (χ3n) is 2.17. The second-order valence-corrected chi connectivity index (χ2v) is 5.53. The van der Waals surface area contributed by atoms with Crippen molar-refractivity contribution in [3.8, 4) is 0 Å². The molecule has 0 saturated carbocycles. The number of hydrogen-bond acceptors (Lipinski definition) is 3. The van der Waals surface area contributed by atoms with Gasteiger partial charge in [0, 0.05) is 19.6 Å². The van der Waals surface area contributed by atoms with Crippen molar-refractivity contribution < 1.29 is 0 Å². The molecule has 0 aliphatic carbocycles. The zero-order valence-corrected chi connectivity index (χ0v) is 12.3. The van der Waals surface area contributed by atoms with E-state index in [-0.39, 0.29) is 0 Å². The summed E-state index contributed by atoms with van der Waals surface area (Å²) in [4.78, 5) is 4.34. The number of halogens is 2. The first-order chi connectivity index (χ1) is 7.13. The van der Waals surface area contributed by atoms with Crippen LogP contribution in [0.15, 0.2) is 18.3 Å². The van der Waals surface area contributed by atoms with Crippen LogP contribution >= 0.6 is 45.2 Å². The van der Waals surface area contributed by atoms with E-state index >= 15 is 0 Å². The van der Waals surface area contributed by atoms with Crippen molar-refractivity contribution in [3.63, 3.8) is 0 Å². The van der Waals surface area contributed by atoms with Crippen molar-refractivity contribution in [2.24, 2.45) is 0 Å². The van der Waals surface area contributed by atoms with Crippen LogP contribution in [0.1, 0.15) is 0 Å². The van der Waals surface area contributed by atoms with Gasteiger partial charge in [-0.05, 0) is 57.3 Å². The van der Waals surface area contributed by atoms with Crippen molar-refractivity contribution in [1.82, 2.24) is 4.98 Å². The second kappa shape index (κ2) is 4.28. The summed E-state index contributed by atoms with van der Waals surface area (Å²) >= 11 is 4.60. The summed E-state index contributed by atoms with van der Waals surface area (Å²) in [5.74, 6) is 0.